The van der Waals surface area contributed by atoms with Crippen molar-refractivity contribution in [1.82, 2.24) is 0 Å². The van der Waals surface area contributed by atoms with E-state index in [1.165, 1.54) is 0 Å². The summed E-state index contributed by atoms with van der Waals surface area (Å²) in [5.74, 6) is 0. The Balaban J connectivity index is 2.23. The Morgan fingerprint density at radius 1 is 0.824 bits per heavy atom. The first-order valence-corrected chi connectivity index (χ1v) is 6.61. The van der Waals surface area contributed by atoms with Gasteiger partial charge in [0.25, 0.3) is 0 Å². The summed E-state index contributed by atoms with van der Waals surface area (Å²) in [5.41, 5.74) is 1.56. The molecule has 2 nitrogen and oxygen atoms in total. The van der Waals surface area contributed by atoms with Gasteiger partial charge in [-0.2, -0.15) is 5.11 Å². The molecule has 0 spiro atoms. The summed E-state index contributed by atoms with van der Waals surface area (Å²) in [6, 6.07) is 12.7. The molecule has 0 radical (unpaired) electrons. The third-order valence-electron chi connectivity index (χ3n) is 2.01. The van der Waals surface area contributed by atoms with Crippen LogP contribution in [0.1, 0.15) is 0 Å². The first-order chi connectivity index (χ1) is 8.15. The SMILES string of the molecule is Clc1ccc(N=Nc2ccc(Cl)cc2I)cc1. The molecule has 2 aromatic carbocycles. The Bertz CT molecular complexity index is 553. The second kappa shape index (κ2) is 5.80. The Kier molecular flexibility index (Phi) is 4.36. The predicted octanol–water partition coefficient (Wildman–Crippen LogP) is 6.01. The van der Waals surface area contributed by atoms with Crippen LogP contribution in [-0.4, -0.2) is 0 Å². The molecule has 17 heavy (non-hydrogen) atoms. The highest BCUT2D eigenvalue weighted by Crippen LogP contribution is 2.27. The topological polar surface area (TPSA) is 24.7 Å². The molecule has 0 fully saturated rings. The minimum Gasteiger partial charge on any atom is -0.151 e. The van der Waals surface area contributed by atoms with Crippen molar-refractivity contribution in [1.29, 1.82) is 0 Å². The minimum atomic E-state index is 0.685. The fourth-order valence-electron chi connectivity index (χ4n) is 1.18. The maximum atomic E-state index is 5.86. The zero-order valence-corrected chi connectivity index (χ0v) is 12.2. The first-order valence-electron chi connectivity index (χ1n) is 4.77. The second-order valence-corrected chi connectivity index (χ2v) is 5.31. The molecule has 0 aliphatic carbocycles. The van der Waals surface area contributed by atoms with E-state index in [9.17, 15) is 0 Å². The molecule has 0 heterocycles. The molecule has 86 valence electrons. The van der Waals surface area contributed by atoms with E-state index < -0.39 is 0 Å². The normalized spacial score (nSPS) is 11.0. The number of hydrogen-bond acceptors (Lipinski definition) is 2. The summed E-state index contributed by atoms with van der Waals surface area (Å²) in [6.07, 6.45) is 0. The smallest absolute Gasteiger partial charge is 0.0991 e. The molecular formula is C12H7Cl2IN2. The largest absolute Gasteiger partial charge is 0.151 e. The number of azo groups is 1. The lowest BCUT2D eigenvalue weighted by Crippen LogP contribution is -1.72. The van der Waals surface area contributed by atoms with Gasteiger partial charge < -0.3 is 0 Å². The lowest BCUT2D eigenvalue weighted by atomic mass is 10.3. The summed E-state index contributed by atoms with van der Waals surface area (Å²) < 4.78 is 0.966. The maximum Gasteiger partial charge on any atom is 0.0991 e. The summed E-state index contributed by atoms with van der Waals surface area (Å²) in [4.78, 5) is 0. The van der Waals surface area contributed by atoms with E-state index in [0.717, 1.165) is 14.9 Å². The lowest BCUT2D eigenvalue weighted by Gasteiger charge is -1.97. The molecule has 5 heteroatoms. The third kappa shape index (κ3) is 3.66. The third-order valence-corrected chi connectivity index (χ3v) is 3.36. The molecule has 0 unspecified atom stereocenters. The van der Waals surface area contributed by atoms with Crippen LogP contribution in [0.15, 0.2) is 52.7 Å². The Morgan fingerprint density at radius 3 is 2.12 bits per heavy atom. The summed E-state index contributed by atoms with van der Waals surface area (Å²) in [5, 5.41) is 9.67. The quantitative estimate of drug-likeness (QED) is 0.452. The van der Waals surface area contributed by atoms with E-state index in [2.05, 4.69) is 32.8 Å². The number of benzene rings is 2. The summed E-state index contributed by atoms with van der Waals surface area (Å²) in [7, 11) is 0. The molecule has 0 bridgehead atoms. The van der Waals surface area contributed by atoms with E-state index in [1.54, 1.807) is 18.2 Å². The van der Waals surface area contributed by atoms with Crippen molar-refractivity contribution in [3.05, 3.63) is 56.1 Å². The van der Waals surface area contributed by atoms with Gasteiger partial charge in [-0.25, -0.2) is 0 Å². The van der Waals surface area contributed by atoms with Crippen molar-refractivity contribution in [3.63, 3.8) is 0 Å². The summed E-state index contributed by atoms with van der Waals surface area (Å²) in [6.45, 7) is 0. The maximum absolute atomic E-state index is 5.86. The molecule has 0 saturated heterocycles. The van der Waals surface area contributed by atoms with Gasteiger partial charge >= 0.3 is 0 Å². The van der Waals surface area contributed by atoms with Crippen molar-refractivity contribution >= 4 is 57.2 Å². The van der Waals surface area contributed by atoms with Gasteiger partial charge in [-0.05, 0) is 65.1 Å². The fraction of sp³-hybridized carbons (Fsp3) is 0. The number of nitrogens with zero attached hydrogens (tertiary/aromatic N) is 2. The zero-order chi connectivity index (χ0) is 12.3. The lowest BCUT2D eigenvalue weighted by molar-refractivity contribution is 1.22. The van der Waals surface area contributed by atoms with Gasteiger partial charge in [-0.1, -0.05) is 23.2 Å². The van der Waals surface area contributed by atoms with Crippen molar-refractivity contribution < 1.29 is 0 Å². The average molecular weight is 377 g/mol. The second-order valence-electron chi connectivity index (χ2n) is 3.27. The number of rotatable bonds is 2. The minimum absolute atomic E-state index is 0.685. The van der Waals surface area contributed by atoms with Crippen LogP contribution in [0, 0.1) is 3.57 Å². The number of halogens is 3. The van der Waals surface area contributed by atoms with Gasteiger partial charge in [-0.15, -0.1) is 5.11 Å². The molecule has 0 saturated carbocycles. The van der Waals surface area contributed by atoms with Crippen LogP contribution in [0.25, 0.3) is 0 Å². The van der Waals surface area contributed by atoms with Crippen LogP contribution in [-0.2, 0) is 0 Å². The van der Waals surface area contributed by atoms with Crippen molar-refractivity contribution in [2.45, 2.75) is 0 Å². The molecule has 0 N–H and O–H groups in total. The van der Waals surface area contributed by atoms with Gasteiger partial charge in [0.05, 0.1) is 11.4 Å². The molecule has 0 aromatic heterocycles. The highest BCUT2D eigenvalue weighted by Gasteiger charge is 1.98. The predicted molar refractivity (Wildman–Crippen MR) is 79.8 cm³/mol. The number of hydrogen-bond donors (Lipinski definition) is 0. The van der Waals surface area contributed by atoms with Gasteiger partial charge in [0.2, 0.25) is 0 Å². The molecule has 0 atom stereocenters. The van der Waals surface area contributed by atoms with Gasteiger partial charge in [0.1, 0.15) is 0 Å². The van der Waals surface area contributed by atoms with Crippen LogP contribution in [0.4, 0.5) is 11.4 Å². The fourth-order valence-corrected chi connectivity index (χ4v) is 2.29. The van der Waals surface area contributed by atoms with Crippen LogP contribution in [0.5, 0.6) is 0 Å². The van der Waals surface area contributed by atoms with Gasteiger partial charge in [0.15, 0.2) is 0 Å². The summed E-state index contributed by atoms with van der Waals surface area (Å²) >= 11 is 13.8. The monoisotopic (exact) mass is 376 g/mol. The van der Waals surface area contributed by atoms with E-state index in [-0.39, 0.29) is 0 Å². The van der Waals surface area contributed by atoms with Crippen LogP contribution in [0.3, 0.4) is 0 Å². The molecule has 2 aromatic rings. The van der Waals surface area contributed by atoms with Crippen molar-refractivity contribution in [2.24, 2.45) is 10.2 Å². The van der Waals surface area contributed by atoms with Crippen molar-refractivity contribution in [2.75, 3.05) is 0 Å². The van der Waals surface area contributed by atoms with Crippen LogP contribution in [0.2, 0.25) is 10.0 Å². The molecule has 0 aliphatic heterocycles. The van der Waals surface area contributed by atoms with Crippen LogP contribution >= 0.6 is 45.8 Å². The molecular weight excluding hydrogens is 370 g/mol. The highest BCUT2D eigenvalue weighted by atomic mass is 127. The first kappa shape index (κ1) is 12.8. The molecule has 0 amide bonds. The Morgan fingerprint density at radius 2 is 1.47 bits per heavy atom. The standard InChI is InChI=1S/C12H7Cl2IN2/c13-8-1-4-10(5-2-8)16-17-12-6-3-9(14)7-11(12)15/h1-7H. The Labute approximate surface area is 123 Å². The van der Waals surface area contributed by atoms with Crippen LogP contribution < -0.4 is 0 Å². The van der Waals surface area contributed by atoms with E-state index in [0.29, 0.717) is 10.0 Å². The Hall–Kier alpha value is -0.650. The van der Waals surface area contributed by atoms with Crippen molar-refractivity contribution in [3.8, 4) is 0 Å². The van der Waals surface area contributed by atoms with E-state index in [1.807, 2.05) is 24.3 Å². The zero-order valence-electron chi connectivity index (χ0n) is 8.57. The molecule has 2 rings (SSSR count). The molecule has 0 aliphatic rings. The highest BCUT2D eigenvalue weighted by molar-refractivity contribution is 14.1. The van der Waals surface area contributed by atoms with E-state index >= 15 is 0 Å². The van der Waals surface area contributed by atoms with E-state index in [4.69, 9.17) is 23.2 Å². The van der Waals surface area contributed by atoms with Gasteiger partial charge in [-0.3, -0.25) is 0 Å². The average Bonchev–Trinajstić information content (AvgIpc) is 2.30. The van der Waals surface area contributed by atoms with Gasteiger partial charge in [0, 0.05) is 13.6 Å².